The topological polar surface area (TPSA) is 80.3 Å². The second kappa shape index (κ2) is 7.11. The Kier molecular flexibility index (Phi) is 4.65. The van der Waals surface area contributed by atoms with Crippen molar-refractivity contribution >= 4 is 16.6 Å². The van der Waals surface area contributed by atoms with Crippen molar-refractivity contribution in [2.45, 2.75) is 26.3 Å². The van der Waals surface area contributed by atoms with Gasteiger partial charge in [-0.2, -0.15) is 4.98 Å². The van der Waals surface area contributed by atoms with Crippen LogP contribution in [-0.2, 0) is 13.6 Å². The van der Waals surface area contributed by atoms with Gasteiger partial charge in [0.1, 0.15) is 0 Å². The molecule has 27 heavy (non-hydrogen) atoms. The van der Waals surface area contributed by atoms with Gasteiger partial charge in [0.2, 0.25) is 5.89 Å². The summed E-state index contributed by atoms with van der Waals surface area (Å²) in [6.45, 7) is 8.44. The lowest BCUT2D eigenvalue weighted by Crippen LogP contribution is -2.46. The molecule has 3 aromatic rings. The highest BCUT2D eigenvalue weighted by atomic mass is 16.5. The first kappa shape index (κ1) is 17.7. The number of fused-ring (bicyclic) bond motifs is 1. The summed E-state index contributed by atoms with van der Waals surface area (Å²) in [6.07, 6.45) is 1.57. The molecule has 142 valence electrons. The highest BCUT2D eigenvalue weighted by molar-refractivity contribution is 5.81. The number of benzene rings is 1. The number of aryl methyl sites for hydroxylation is 1. The molecule has 2 aromatic heterocycles. The molecule has 8 nitrogen and oxygen atoms in total. The predicted octanol–water partition coefficient (Wildman–Crippen LogP) is 1.76. The molecule has 1 saturated heterocycles. The largest absolute Gasteiger partial charge is 0.369 e. The van der Waals surface area contributed by atoms with Crippen molar-refractivity contribution in [3.8, 4) is 0 Å². The lowest BCUT2D eigenvalue weighted by molar-refractivity contribution is 0.215. The minimum absolute atomic E-state index is 0.0170. The molecule has 0 amide bonds. The monoisotopic (exact) mass is 368 g/mol. The van der Waals surface area contributed by atoms with Crippen LogP contribution < -0.4 is 10.5 Å². The Labute approximate surface area is 157 Å². The van der Waals surface area contributed by atoms with E-state index in [4.69, 9.17) is 4.52 Å². The molecule has 1 aromatic carbocycles. The van der Waals surface area contributed by atoms with Crippen LogP contribution in [0.1, 0.15) is 31.5 Å². The SMILES string of the molecule is CC(C)c1noc(CN2CCN(c3ccc4c(=O)n(C)cnc4c3)CC2)n1. The van der Waals surface area contributed by atoms with E-state index in [1.807, 2.05) is 18.2 Å². The fourth-order valence-corrected chi connectivity index (χ4v) is 3.32. The number of anilines is 1. The highest BCUT2D eigenvalue weighted by Crippen LogP contribution is 2.21. The quantitative estimate of drug-likeness (QED) is 0.694. The van der Waals surface area contributed by atoms with Gasteiger partial charge in [0.15, 0.2) is 5.82 Å². The van der Waals surface area contributed by atoms with Crippen molar-refractivity contribution < 1.29 is 4.52 Å². The molecule has 3 heterocycles. The third kappa shape index (κ3) is 3.57. The van der Waals surface area contributed by atoms with Crippen LogP contribution in [0.25, 0.3) is 10.9 Å². The molecule has 0 saturated carbocycles. The summed E-state index contributed by atoms with van der Waals surface area (Å²) >= 11 is 0. The molecular weight excluding hydrogens is 344 g/mol. The molecule has 0 N–H and O–H groups in total. The van der Waals surface area contributed by atoms with Crippen LogP contribution in [0.4, 0.5) is 5.69 Å². The molecule has 1 fully saturated rings. The van der Waals surface area contributed by atoms with E-state index in [-0.39, 0.29) is 11.5 Å². The van der Waals surface area contributed by atoms with Gasteiger partial charge in [-0.05, 0) is 18.2 Å². The summed E-state index contributed by atoms with van der Waals surface area (Å²) in [5, 5.41) is 4.68. The van der Waals surface area contributed by atoms with E-state index in [0.717, 1.165) is 43.2 Å². The standard InChI is InChI=1S/C19H24N6O2/c1-13(2)18-21-17(27-22-18)11-24-6-8-25(9-7-24)14-4-5-15-16(10-14)20-12-23(3)19(15)26/h4-5,10,12-13H,6-9,11H2,1-3H3. The molecule has 0 bridgehead atoms. The fraction of sp³-hybridized carbons (Fsp3) is 0.474. The van der Waals surface area contributed by atoms with Crippen LogP contribution in [0.5, 0.6) is 0 Å². The van der Waals surface area contributed by atoms with Crippen molar-refractivity contribution in [3.05, 3.63) is 46.6 Å². The summed E-state index contributed by atoms with van der Waals surface area (Å²) in [5.41, 5.74) is 1.82. The van der Waals surface area contributed by atoms with Gasteiger partial charge >= 0.3 is 0 Å². The maximum Gasteiger partial charge on any atom is 0.260 e. The average Bonchev–Trinajstić information content (AvgIpc) is 3.14. The van der Waals surface area contributed by atoms with Crippen LogP contribution in [0.2, 0.25) is 0 Å². The van der Waals surface area contributed by atoms with Gasteiger partial charge in [-0.1, -0.05) is 19.0 Å². The number of rotatable bonds is 4. The third-order valence-electron chi connectivity index (χ3n) is 5.00. The van der Waals surface area contributed by atoms with Gasteiger partial charge < -0.3 is 14.0 Å². The van der Waals surface area contributed by atoms with Crippen molar-refractivity contribution in [1.29, 1.82) is 0 Å². The van der Waals surface area contributed by atoms with E-state index in [0.29, 0.717) is 17.8 Å². The summed E-state index contributed by atoms with van der Waals surface area (Å²) < 4.78 is 6.86. The number of nitrogens with zero attached hydrogens (tertiary/aromatic N) is 6. The number of piperazine rings is 1. The molecular formula is C19H24N6O2. The fourth-order valence-electron chi connectivity index (χ4n) is 3.32. The van der Waals surface area contributed by atoms with Crippen molar-refractivity contribution in [2.24, 2.45) is 7.05 Å². The summed E-state index contributed by atoms with van der Waals surface area (Å²) in [5.74, 6) is 1.72. The molecule has 8 heteroatoms. The van der Waals surface area contributed by atoms with Crippen LogP contribution in [0.3, 0.4) is 0 Å². The zero-order valence-electron chi connectivity index (χ0n) is 15.9. The minimum Gasteiger partial charge on any atom is -0.369 e. The van der Waals surface area contributed by atoms with Crippen LogP contribution in [-0.4, -0.2) is 50.8 Å². The van der Waals surface area contributed by atoms with E-state index in [2.05, 4.69) is 38.8 Å². The average molecular weight is 368 g/mol. The summed E-state index contributed by atoms with van der Waals surface area (Å²) in [6, 6.07) is 5.88. The zero-order valence-corrected chi connectivity index (χ0v) is 15.9. The molecule has 0 aliphatic carbocycles. The van der Waals surface area contributed by atoms with E-state index in [1.54, 1.807) is 13.4 Å². The van der Waals surface area contributed by atoms with Crippen molar-refractivity contribution in [1.82, 2.24) is 24.6 Å². The van der Waals surface area contributed by atoms with E-state index in [1.165, 1.54) is 4.57 Å². The Balaban J connectivity index is 1.42. The number of aromatic nitrogens is 4. The molecule has 0 spiro atoms. The Bertz CT molecular complexity index is 1000. The van der Waals surface area contributed by atoms with Crippen LogP contribution in [0.15, 0.2) is 33.8 Å². The van der Waals surface area contributed by atoms with Gasteiger partial charge in [-0.15, -0.1) is 0 Å². The number of hydrogen-bond donors (Lipinski definition) is 0. The Morgan fingerprint density at radius 2 is 1.96 bits per heavy atom. The lowest BCUT2D eigenvalue weighted by Gasteiger charge is -2.35. The first-order chi connectivity index (χ1) is 13.0. The van der Waals surface area contributed by atoms with Crippen molar-refractivity contribution in [3.63, 3.8) is 0 Å². The molecule has 1 aliphatic heterocycles. The van der Waals surface area contributed by atoms with Gasteiger partial charge in [-0.3, -0.25) is 9.69 Å². The lowest BCUT2D eigenvalue weighted by atomic mass is 10.2. The van der Waals surface area contributed by atoms with Gasteiger partial charge in [0.05, 0.1) is 23.8 Å². The molecule has 0 atom stereocenters. The Morgan fingerprint density at radius 1 is 1.19 bits per heavy atom. The number of hydrogen-bond acceptors (Lipinski definition) is 7. The van der Waals surface area contributed by atoms with E-state index in [9.17, 15) is 4.79 Å². The maximum atomic E-state index is 12.2. The molecule has 4 rings (SSSR count). The molecule has 0 radical (unpaired) electrons. The second-order valence-corrected chi connectivity index (χ2v) is 7.33. The van der Waals surface area contributed by atoms with Gasteiger partial charge in [-0.25, -0.2) is 4.98 Å². The van der Waals surface area contributed by atoms with Crippen LogP contribution >= 0.6 is 0 Å². The van der Waals surface area contributed by atoms with Gasteiger partial charge in [0, 0.05) is 44.8 Å². The predicted molar refractivity (Wildman–Crippen MR) is 103 cm³/mol. The first-order valence-corrected chi connectivity index (χ1v) is 9.26. The van der Waals surface area contributed by atoms with E-state index < -0.39 is 0 Å². The first-order valence-electron chi connectivity index (χ1n) is 9.26. The molecule has 1 aliphatic rings. The van der Waals surface area contributed by atoms with Crippen LogP contribution in [0, 0.1) is 0 Å². The minimum atomic E-state index is -0.0170. The zero-order chi connectivity index (χ0) is 19.0. The highest BCUT2D eigenvalue weighted by Gasteiger charge is 2.20. The molecule has 0 unspecified atom stereocenters. The second-order valence-electron chi connectivity index (χ2n) is 7.33. The Morgan fingerprint density at radius 3 is 2.67 bits per heavy atom. The van der Waals surface area contributed by atoms with Crippen molar-refractivity contribution in [2.75, 3.05) is 31.1 Å². The summed E-state index contributed by atoms with van der Waals surface area (Å²) in [7, 11) is 1.72. The van der Waals surface area contributed by atoms with E-state index >= 15 is 0 Å². The Hall–Kier alpha value is -2.74. The summed E-state index contributed by atoms with van der Waals surface area (Å²) in [4.78, 5) is 25.6. The third-order valence-corrected chi connectivity index (χ3v) is 5.00. The smallest absolute Gasteiger partial charge is 0.260 e. The maximum absolute atomic E-state index is 12.2. The normalized spacial score (nSPS) is 15.8. The van der Waals surface area contributed by atoms with Gasteiger partial charge in [0.25, 0.3) is 5.56 Å².